The first-order valence-corrected chi connectivity index (χ1v) is 5.23. The van der Waals surface area contributed by atoms with Crippen LogP contribution in [-0.4, -0.2) is 18.8 Å². The van der Waals surface area contributed by atoms with Crippen LogP contribution in [0.1, 0.15) is 32.6 Å². The molecule has 0 atom stereocenters. The van der Waals surface area contributed by atoms with Crippen LogP contribution in [0, 0.1) is 17.8 Å². The predicted octanol–water partition coefficient (Wildman–Crippen LogP) is 2.72. The maximum Gasteiger partial charge on any atom is 0.391 e. The molecule has 0 aromatic rings. The molecule has 0 saturated heterocycles. The Kier molecular flexibility index (Phi) is 4.46. The normalized spacial score (nSPS) is 26.9. The van der Waals surface area contributed by atoms with Crippen LogP contribution in [-0.2, 0) is 0 Å². The van der Waals surface area contributed by atoms with Gasteiger partial charge in [-0.15, -0.1) is 5.92 Å². The summed E-state index contributed by atoms with van der Waals surface area (Å²) in [4.78, 5) is 0. The Balaban J connectivity index is 2.26. The molecular formula is C11H16F3N. The van der Waals surface area contributed by atoms with Crippen molar-refractivity contribution in [3.8, 4) is 11.8 Å². The number of halogens is 3. The van der Waals surface area contributed by atoms with E-state index in [1.54, 1.807) is 6.92 Å². The molecule has 1 aliphatic rings. The highest BCUT2D eigenvalue weighted by molar-refractivity contribution is 4.98. The quantitative estimate of drug-likeness (QED) is 0.704. The topological polar surface area (TPSA) is 12.0 Å². The summed E-state index contributed by atoms with van der Waals surface area (Å²) in [6, 6.07) is 0.212. The molecule has 0 radical (unpaired) electrons. The molecule has 1 aliphatic carbocycles. The summed E-state index contributed by atoms with van der Waals surface area (Å²) in [6.07, 6.45) is -2.29. The van der Waals surface area contributed by atoms with Crippen molar-refractivity contribution in [2.24, 2.45) is 5.92 Å². The molecule has 0 aromatic heterocycles. The molecule has 1 nitrogen and oxygen atoms in total. The van der Waals surface area contributed by atoms with E-state index in [4.69, 9.17) is 0 Å². The summed E-state index contributed by atoms with van der Waals surface area (Å²) in [5.41, 5.74) is 0. The van der Waals surface area contributed by atoms with E-state index in [2.05, 4.69) is 17.2 Å². The lowest BCUT2D eigenvalue weighted by Crippen LogP contribution is -2.37. The highest BCUT2D eigenvalue weighted by atomic mass is 19.4. The molecule has 0 aliphatic heterocycles. The van der Waals surface area contributed by atoms with Crippen LogP contribution in [0.25, 0.3) is 0 Å². The van der Waals surface area contributed by atoms with Gasteiger partial charge in [0.15, 0.2) is 0 Å². The Morgan fingerprint density at radius 1 is 1.20 bits per heavy atom. The molecule has 0 bridgehead atoms. The lowest BCUT2D eigenvalue weighted by atomic mass is 9.85. The van der Waals surface area contributed by atoms with Crippen molar-refractivity contribution in [3.05, 3.63) is 0 Å². The third-order valence-electron chi connectivity index (χ3n) is 2.85. The van der Waals surface area contributed by atoms with Gasteiger partial charge in [0.1, 0.15) is 0 Å². The van der Waals surface area contributed by atoms with Crippen molar-refractivity contribution >= 4 is 0 Å². The SMILES string of the molecule is CC#CCNC1CCC(C(F)(F)F)CC1. The fraction of sp³-hybridized carbons (Fsp3) is 0.818. The largest absolute Gasteiger partial charge is 0.391 e. The Labute approximate surface area is 88.4 Å². The molecule has 0 aromatic carbocycles. The maximum atomic E-state index is 12.3. The molecule has 1 saturated carbocycles. The first kappa shape index (κ1) is 12.4. The molecular weight excluding hydrogens is 203 g/mol. The van der Waals surface area contributed by atoms with E-state index in [0.717, 1.165) is 0 Å². The monoisotopic (exact) mass is 219 g/mol. The van der Waals surface area contributed by atoms with Gasteiger partial charge in [0.05, 0.1) is 12.5 Å². The molecule has 0 spiro atoms. The van der Waals surface area contributed by atoms with E-state index in [0.29, 0.717) is 19.4 Å². The Bertz CT molecular complexity index is 241. The zero-order valence-electron chi connectivity index (χ0n) is 8.82. The second-order valence-electron chi connectivity index (χ2n) is 3.90. The molecule has 0 unspecified atom stereocenters. The van der Waals surface area contributed by atoms with Gasteiger partial charge in [-0.25, -0.2) is 0 Å². The molecule has 0 heterocycles. The van der Waals surface area contributed by atoms with Crippen molar-refractivity contribution in [1.82, 2.24) is 5.32 Å². The minimum Gasteiger partial charge on any atom is -0.303 e. The van der Waals surface area contributed by atoms with Crippen LogP contribution in [0.2, 0.25) is 0 Å². The number of hydrogen-bond donors (Lipinski definition) is 1. The standard InChI is InChI=1S/C11H16F3N/c1-2-3-8-15-10-6-4-9(5-7-10)11(12,13)14/h9-10,15H,4-8H2,1H3. The average molecular weight is 219 g/mol. The first-order valence-electron chi connectivity index (χ1n) is 5.23. The van der Waals surface area contributed by atoms with Crippen molar-refractivity contribution in [3.63, 3.8) is 0 Å². The number of alkyl halides is 3. The van der Waals surface area contributed by atoms with Crippen LogP contribution in [0.4, 0.5) is 13.2 Å². The van der Waals surface area contributed by atoms with Gasteiger partial charge in [-0.3, -0.25) is 0 Å². The smallest absolute Gasteiger partial charge is 0.303 e. The van der Waals surface area contributed by atoms with Gasteiger partial charge in [-0.05, 0) is 32.6 Å². The zero-order chi connectivity index (χ0) is 11.3. The first-order chi connectivity index (χ1) is 7.04. The van der Waals surface area contributed by atoms with Gasteiger partial charge in [-0.1, -0.05) is 5.92 Å². The van der Waals surface area contributed by atoms with Crippen LogP contribution in [0.5, 0.6) is 0 Å². The summed E-state index contributed by atoms with van der Waals surface area (Å²) in [5.74, 6) is 4.51. The Hall–Kier alpha value is -0.690. The lowest BCUT2D eigenvalue weighted by Gasteiger charge is -2.29. The van der Waals surface area contributed by atoms with Gasteiger partial charge in [0.25, 0.3) is 0 Å². The van der Waals surface area contributed by atoms with Gasteiger partial charge in [0, 0.05) is 6.04 Å². The van der Waals surface area contributed by atoms with Gasteiger partial charge < -0.3 is 5.32 Å². The van der Waals surface area contributed by atoms with Crippen molar-refractivity contribution in [2.45, 2.75) is 44.8 Å². The molecule has 86 valence electrons. The van der Waals surface area contributed by atoms with Crippen LogP contribution >= 0.6 is 0 Å². The number of rotatable bonds is 2. The minimum absolute atomic E-state index is 0.212. The summed E-state index contributed by atoms with van der Waals surface area (Å²) < 4.78 is 37.0. The zero-order valence-corrected chi connectivity index (χ0v) is 8.82. The molecule has 4 heteroatoms. The third kappa shape index (κ3) is 4.13. The van der Waals surface area contributed by atoms with E-state index >= 15 is 0 Å². The Morgan fingerprint density at radius 3 is 2.27 bits per heavy atom. The average Bonchev–Trinajstić information content (AvgIpc) is 2.18. The van der Waals surface area contributed by atoms with Crippen LogP contribution in [0.15, 0.2) is 0 Å². The fourth-order valence-electron chi connectivity index (χ4n) is 1.91. The van der Waals surface area contributed by atoms with E-state index < -0.39 is 12.1 Å². The van der Waals surface area contributed by atoms with Gasteiger partial charge in [-0.2, -0.15) is 13.2 Å². The van der Waals surface area contributed by atoms with Gasteiger partial charge in [0.2, 0.25) is 0 Å². The minimum atomic E-state index is -4.01. The summed E-state index contributed by atoms with van der Waals surface area (Å²) >= 11 is 0. The molecule has 1 N–H and O–H groups in total. The Morgan fingerprint density at radius 2 is 1.80 bits per heavy atom. The van der Waals surface area contributed by atoms with Crippen LogP contribution in [0.3, 0.4) is 0 Å². The molecule has 1 fully saturated rings. The maximum absolute atomic E-state index is 12.3. The highest BCUT2D eigenvalue weighted by Crippen LogP contribution is 2.37. The predicted molar refractivity (Wildman–Crippen MR) is 53.3 cm³/mol. The van der Waals surface area contributed by atoms with E-state index in [1.807, 2.05) is 0 Å². The second kappa shape index (κ2) is 5.41. The van der Waals surface area contributed by atoms with E-state index in [9.17, 15) is 13.2 Å². The molecule has 0 amide bonds. The highest BCUT2D eigenvalue weighted by Gasteiger charge is 2.41. The number of nitrogens with one attached hydrogen (secondary N) is 1. The fourth-order valence-corrected chi connectivity index (χ4v) is 1.91. The summed E-state index contributed by atoms with van der Waals surface area (Å²) in [6.45, 7) is 2.33. The summed E-state index contributed by atoms with van der Waals surface area (Å²) in [7, 11) is 0. The molecule has 15 heavy (non-hydrogen) atoms. The summed E-state index contributed by atoms with van der Waals surface area (Å²) in [5, 5.41) is 3.15. The third-order valence-corrected chi connectivity index (χ3v) is 2.85. The van der Waals surface area contributed by atoms with E-state index in [-0.39, 0.29) is 18.9 Å². The lowest BCUT2D eigenvalue weighted by molar-refractivity contribution is -0.182. The second-order valence-corrected chi connectivity index (χ2v) is 3.90. The van der Waals surface area contributed by atoms with E-state index in [1.165, 1.54) is 0 Å². The molecule has 1 rings (SSSR count). The number of hydrogen-bond acceptors (Lipinski definition) is 1. The van der Waals surface area contributed by atoms with Crippen molar-refractivity contribution in [1.29, 1.82) is 0 Å². The van der Waals surface area contributed by atoms with Crippen LogP contribution < -0.4 is 5.32 Å². The van der Waals surface area contributed by atoms with Gasteiger partial charge >= 0.3 is 6.18 Å². The van der Waals surface area contributed by atoms with Crippen molar-refractivity contribution < 1.29 is 13.2 Å². The van der Waals surface area contributed by atoms with Crippen molar-refractivity contribution in [2.75, 3.05) is 6.54 Å².